The van der Waals surface area contributed by atoms with Crippen LogP contribution in [0.2, 0.25) is 0 Å². The third kappa shape index (κ3) is 4.25. The van der Waals surface area contributed by atoms with Gasteiger partial charge in [0.15, 0.2) is 0 Å². The van der Waals surface area contributed by atoms with Crippen molar-refractivity contribution in [2.75, 3.05) is 46.4 Å². The van der Waals surface area contributed by atoms with Crippen LogP contribution in [0.4, 0.5) is 0 Å². The van der Waals surface area contributed by atoms with Gasteiger partial charge in [-0.15, -0.1) is 0 Å². The van der Waals surface area contributed by atoms with Gasteiger partial charge in [0.1, 0.15) is 0 Å². The fourth-order valence-electron chi connectivity index (χ4n) is 3.11. The van der Waals surface area contributed by atoms with Crippen molar-refractivity contribution < 1.29 is 9.53 Å². The Balaban J connectivity index is 1.60. The van der Waals surface area contributed by atoms with Crippen molar-refractivity contribution in [1.82, 2.24) is 9.80 Å². The van der Waals surface area contributed by atoms with E-state index in [9.17, 15) is 4.79 Å². The van der Waals surface area contributed by atoms with Crippen LogP contribution >= 0.6 is 0 Å². The summed E-state index contributed by atoms with van der Waals surface area (Å²) in [7, 11) is 1.46. The first kappa shape index (κ1) is 13.8. The van der Waals surface area contributed by atoms with Gasteiger partial charge in [0.05, 0.1) is 13.5 Å². The number of carbonyl (C=O) groups is 1. The molecule has 1 aliphatic carbocycles. The summed E-state index contributed by atoms with van der Waals surface area (Å²) in [4.78, 5) is 16.1. The van der Waals surface area contributed by atoms with E-state index in [1.165, 1.54) is 39.3 Å². The van der Waals surface area contributed by atoms with Crippen LogP contribution in [-0.2, 0) is 9.53 Å². The van der Waals surface area contributed by atoms with Crippen LogP contribution in [0.25, 0.3) is 0 Å². The van der Waals surface area contributed by atoms with Crippen LogP contribution in [0, 0.1) is 5.92 Å². The topological polar surface area (TPSA) is 32.8 Å². The van der Waals surface area contributed by atoms with E-state index in [-0.39, 0.29) is 5.97 Å². The molecule has 4 nitrogen and oxygen atoms in total. The van der Waals surface area contributed by atoms with Crippen molar-refractivity contribution in [3.05, 3.63) is 0 Å². The van der Waals surface area contributed by atoms with Crippen molar-refractivity contribution in [3.63, 3.8) is 0 Å². The normalized spacial score (nSPS) is 23.4. The molecule has 0 radical (unpaired) electrons. The first-order valence-electron chi connectivity index (χ1n) is 7.29. The van der Waals surface area contributed by atoms with Crippen LogP contribution in [-0.4, -0.2) is 62.1 Å². The maximum Gasteiger partial charge on any atom is 0.306 e. The van der Waals surface area contributed by atoms with E-state index in [0.29, 0.717) is 6.42 Å². The highest BCUT2D eigenvalue weighted by Gasteiger charge is 2.22. The molecule has 0 aromatic rings. The van der Waals surface area contributed by atoms with E-state index in [2.05, 4.69) is 14.5 Å². The Morgan fingerprint density at radius 1 is 1.11 bits per heavy atom. The molecule has 0 amide bonds. The second kappa shape index (κ2) is 7.10. The Hall–Kier alpha value is -0.610. The molecular formula is C14H26N2O2. The fraction of sp³-hybridized carbons (Fsp3) is 0.929. The molecule has 0 N–H and O–H groups in total. The molecule has 2 rings (SSSR count). The van der Waals surface area contributed by atoms with Gasteiger partial charge in [-0.05, 0) is 18.8 Å². The van der Waals surface area contributed by atoms with Crippen LogP contribution in [0.15, 0.2) is 0 Å². The van der Waals surface area contributed by atoms with E-state index in [4.69, 9.17) is 0 Å². The van der Waals surface area contributed by atoms with E-state index in [1.54, 1.807) is 0 Å². The van der Waals surface area contributed by atoms with Crippen LogP contribution in [0.5, 0.6) is 0 Å². The fourth-order valence-corrected chi connectivity index (χ4v) is 3.11. The molecule has 2 fully saturated rings. The van der Waals surface area contributed by atoms with Gasteiger partial charge in [0.25, 0.3) is 0 Å². The molecule has 0 aromatic carbocycles. The van der Waals surface area contributed by atoms with Gasteiger partial charge in [-0.1, -0.05) is 12.8 Å². The lowest BCUT2D eigenvalue weighted by Gasteiger charge is -2.35. The highest BCUT2D eigenvalue weighted by atomic mass is 16.5. The maximum atomic E-state index is 11.1. The number of hydrogen-bond acceptors (Lipinski definition) is 4. The summed E-state index contributed by atoms with van der Waals surface area (Å²) >= 11 is 0. The van der Waals surface area contributed by atoms with Crippen LogP contribution < -0.4 is 0 Å². The molecule has 18 heavy (non-hydrogen) atoms. The molecule has 1 heterocycles. The summed E-state index contributed by atoms with van der Waals surface area (Å²) < 4.78 is 4.68. The summed E-state index contributed by atoms with van der Waals surface area (Å²) in [5, 5.41) is 0. The number of rotatable bonds is 5. The second-order valence-corrected chi connectivity index (χ2v) is 5.62. The molecule has 0 aromatic heterocycles. The summed E-state index contributed by atoms with van der Waals surface area (Å²) in [6, 6.07) is 0. The summed E-state index contributed by atoms with van der Waals surface area (Å²) in [6.45, 7) is 6.68. The zero-order chi connectivity index (χ0) is 12.8. The Labute approximate surface area is 110 Å². The molecule has 0 bridgehead atoms. The number of ether oxygens (including phenoxy) is 1. The van der Waals surface area contributed by atoms with Gasteiger partial charge in [-0.3, -0.25) is 4.79 Å². The first-order chi connectivity index (χ1) is 8.78. The first-order valence-corrected chi connectivity index (χ1v) is 7.29. The average molecular weight is 254 g/mol. The molecule has 4 heteroatoms. The number of hydrogen-bond donors (Lipinski definition) is 0. The van der Waals surface area contributed by atoms with Gasteiger partial charge in [-0.2, -0.15) is 0 Å². The molecule has 0 unspecified atom stereocenters. The van der Waals surface area contributed by atoms with E-state index < -0.39 is 0 Å². The lowest BCUT2D eigenvalue weighted by molar-refractivity contribution is -0.141. The number of carbonyl (C=O) groups excluding carboxylic acids is 1. The monoisotopic (exact) mass is 254 g/mol. The van der Waals surface area contributed by atoms with Gasteiger partial charge in [0, 0.05) is 39.3 Å². The quantitative estimate of drug-likeness (QED) is 0.694. The standard InChI is InChI=1S/C14H26N2O2/c1-18-14(17)6-7-15-8-10-16(11-9-15)12-13-4-2-3-5-13/h13H,2-12H2,1H3. The molecule has 104 valence electrons. The molecule has 2 aliphatic rings. The van der Waals surface area contributed by atoms with Gasteiger partial charge < -0.3 is 14.5 Å². The Morgan fingerprint density at radius 3 is 2.33 bits per heavy atom. The minimum Gasteiger partial charge on any atom is -0.469 e. The lowest BCUT2D eigenvalue weighted by atomic mass is 10.1. The molecule has 0 atom stereocenters. The predicted molar refractivity (Wildman–Crippen MR) is 71.5 cm³/mol. The lowest BCUT2D eigenvalue weighted by Crippen LogP contribution is -2.48. The van der Waals surface area contributed by atoms with Crippen molar-refractivity contribution in [2.45, 2.75) is 32.1 Å². The van der Waals surface area contributed by atoms with Crippen LogP contribution in [0.3, 0.4) is 0 Å². The third-order valence-electron chi connectivity index (χ3n) is 4.32. The Kier molecular flexibility index (Phi) is 5.45. The van der Waals surface area contributed by atoms with Crippen molar-refractivity contribution in [2.24, 2.45) is 5.92 Å². The van der Waals surface area contributed by atoms with Crippen molar-refractivity contribution in [1.29, 1.82) is 0 Å². The Morgan fingerprint density at radius 2 is 1.72 bits per heavy atom. The highest BCUT2D eigenvalue weighted by molar-refractivity contribution is 5.69. The van der Waals surface area contributed by atoms with Gasteiger partial charge >= 0.3 is 5.97 Å². The Bertz CT molecular complexity index is 257. The van der Waals surface area contributed by atoms with Crippen LogP contribution in [0.1, 0.15) is 32.1 Å². The largest absolute Gasteiger partial charge is 0.469 e. The average Bonchev–Trinajstić information content (AvgIpc) is 2.90. The minimum absolute atomic E-state index is 0.0941. The van der Waals surface area contributed by atoms with E-state index in [1.807, 2.05) is 0 Å². The molecule has 1 aliphatic heterocycles. The van der Waals surface area contributed by atoms with Gasteiger partial charge in [-0.25, -0.2) is 0 Å². The van der Waals surface area contributed by atoms with E-state index in [0.717, 1.165) is 38.6 Å². The zero-order valence-electron chi connectivity index (χ0n) is 11.6. The summed E-state index contributed by atoms with van der Waals surface area (Å²) in [5.74, 6) is 0.856. The number of methoxy groups -OCH3 is 1. The molecule has 1 saturated heterocycles. The summed E-state index contributed by atoms with van der Waals surface area (Å²) in [5.41, 5.74) is 0. The molecule has 0 spiro atoms. The molecular weight excluding hydrogens is 228 g/mol. The zero-order valence-corrected chi connectivity index (χ0v) is 11.6. The highest BCUT2D eigenvalue weighted by Crippen LogP contribution is 2.25. The predicted octanol–water partition coefficient (Wildman–Crippen LogP) is 1.36. The number of esters is 1. The SMILES string of the molecule is COC(=O)CCN1CCN(CC2CCCC2)CC1. The van der Waals surface area contributed by atoms with Crippen molar-refractivity contribution >= 4 is 5.97 Å². The minimum atomic E-state index is -0.0941. The van der Waals surface area contributed by atoms with E-state index >= 15 is 0 Å². The van der Waals surface area contributed by atoms with Crippen molar-refractivity contribution in [3.8, 4) is 0 Å². The second-order valence-electron chi connectivity index (χ2n) is 5.62. The smallest absolute Gasteiger partial charge is 0.306 e. The van der Waals surface area contributed by atoms with Gasteiger partial charge in [0.2, 0.25) is 0 Å². The summed E-state index contributed by atoms with van der Waals surface area (Å²) in [6.07, 6.45) is 6.26. The number of nitrogens with zero attached hydrogens (tertiary/aromatic N) is 2. The third-order valence-corrected chi connectivity index (χ3v) is 4.32. The molecule has 1 saturated carbocycles. The maximum absolute atomic E-state index is 11.1. The number of piperazine rings is 1.